The van der Waals surface area contributed by atoms with E-state index in [0.29, 0.717) is 42.8 Å². The minimum absolute atomic E-state index is 0.171. The molecule has 1 saturated heterocycles. The van der Waals surface area contributed by atoms with Gasteiger partial charge in [0.1, 0.15) is 11.6 Å². The molecule has 1 N–H and O–H groups in total. The van der Waals surface area contributed by atoms with E-state index in [-0.39, 0.29) is 11.5 Å². The maximum absolute atomic E-state index is 12.9. The van der Waals surface area contributed by atoms with Crippen LogP contribution < -0.4 is 5.56 Å². The number of hydrogen-bond donors (Lipinski definition) is 1. The van der Waals surface area contributed by atoms with Gasteiger partial charge in [-0.05, 0) is 19.8 Å². The average Bonchev–Trinajstić information content (AvgIpc) is 3.46. The van der Waals surface area contributed by atoms with Gasteiger partial charge in [0.2, 0.25) is 0 Å². The molecule has 0 radical (unpaired) electrons. The maximum atomic E-state index is 12.9. The fraction of sp³-hybridized carbons (Fsp3) is 0.471. The molecule has 0 aromatic carbocycles. The van der Waals surface area contributed by atoms with Crippen LogP contribution in [0.1, 0.15) is 52.5 Å². The van der Waals surface area contributed by atoms with Gasteiger partial charge in [-0.2, -0.15) is 0 Å². The van der Waals surface area contributed by atoms with E-state index >= 15 is 0 Å². The Balaban J connectivity index is 1.61. The van der Waals surface area contributed by atoms with Crippen molar-refractivity contribution in [3.8, 4) is 0 Å². The van der Waals surface area contributed by atoms with Gasteiger partial charge in [-0.3, -0.25) is 9.59 Å². The van der Waals surface area contributed by atoms with Crippen LogP contribution in [0, 0.1) is 6.92 Å². The number of amides is 1. The lowest BCUT2D eigenvalue weighted by Gasteiger charge is -2.35. The zero-order chi connectivity index (χ0) is 17.4. The molecule has 1 aliphatic heterocycles. The van der Waals surface area contributed by atoms with Crippen molar-refractivity contribution < 1.29 is 9.53 Å². The highest BCUT2D eigenvalue weighted by molar-refractivity contribution is 5.94. The summed E-state index contributed by atoms with van der Waals surface area (Å²) in [5.74, 6) is 1.60. The van der Waals surface area contributed by atoms with Crippen LogP contribution in [0.5, 0.6) is 0 Å². The minimum Gasteiger partial charge on any atom is -0.377 e. The molecule has 1 amide bonds. The molecular weight excluding hydrogens is 322 g/mol. The van der Waals surface area contributed by atoms with E-state index in [1.807, 2.05) is 0 Å². The second-order valence-corrected chi connectivity index (χ2v) is 6.45. The van der Waals surface area contributed by atoms with E-state index in [2.05, 4.69) is 19.9 Å². The Hall–Kier alpha value is -2.61. The summed E-state index contributed by atoms with van der Waals surface area (Å²) in [5.41, 5.74) is 0.736. The third kappa shape index (κ3) is 3.30. The molecule has 130 valence electrons. The van der Waals surface area contributed by atoms with Gasteiger partial charge >= 0.3 is 0 Å². The number of aromatic amines is 1. The van der Waals surface area contributed by atoms with Crippen molar-refractivity contribution in [1.82, 2.24) is 24.8 Å². The first-order chi connectivity index (χ1) is 12.1. The number of carbonyl (C=O) groups is 1. The summed E-state index contributed by atoms with van der Waals surface area (Å²) in [6, 6.07) is 1.02. The number of H-pyrrole nitrogens is 1. The van der Waals surface area contributed by atoms with E-state index in [9.17, 15) is 9.59 Å². The van der Waals surface area contributed by atoms with Crippen LogP contribution in [0.15, 0.2) is 23.3 Å². The SMILES string of the molecule is Cc1nc(C2COCCN2C(=O)c2cnc(C3CC3)nc2)cc(=O)[nH]1. The Labute approximate surface area is 144 Å². The quantitative estimate of drug-likeness (QED) is 0.892. The molecule has 0 bridgehead atoms. The molecule has 25 heavy (non-hydrogen) atoms. The Morgan fingerprint density at radius 3 is 2.76 bits per heavy atom. The molecule has 8 heteroatoms. The van der Waals surface area contributed by atoms with Crippen molar-refractivity contribution in [1.29, 1.82) is 0 Å². The standard InChI is InChI=1S/C17H19N5O3/c1-10-20-13(6-15(23)21-10)14-9-25-5-4-22(14)17(24)12-7-18-16(19-8-12)11-2-3-11/h6-8,11,14H,2-5,9H2,1H3,(H,20,21,23). The van der Waals surface area contributed by atoms with Crippen LogP contribution in [0.2, 0.25) is 0 Å². The summed E-state index contributed by atoms with van der Waals surface area (Å²) in [7, 11) is 0. The first kappa shape index (κ1) is 15.9. The lowest BCUT2D eigenvalue weighted by atomic mass is 10.1. The number of aryl methyl sites for hydroxylation is 1. The van der Waals surface area contributed by atoms with Gasteiger partial charge in [-0.15, -0.1) is 0 Å². The van der Waals surface area contributed by atoms with E-state index < -0.39 is 6.04 Å². The van der Waals surface area contributed by atoms with Gasteiger partial charge in [0, 0.05) is 30.9 Å². The molecular formula is C17H19N5O3. The third-order valence-electron chi connectivity index (χ3n) is 4.47. The zero-order valence-electron chi connectivity index (χ0n) is 13.9. The summed E-state index contributed by atoms with van der Waals surface area (Å²) >= 11 is 0. The van der Waals surface area contributed by atoms with Gasteiger partial charge < -0.3 is 14.6 Å². The van der Waals surface area contributed by atoms with Gasteiger partial charge in [0.05, 0.1) is 30.5 Å². The molecule has 2 aliphatic rings. The summed E-state index contributed by atoms with van der Waals surface area (Å²) < 4.78 is 5.51. The average molecular weight is 341 g/mol. The Morgan fingerprint density at radius 2 is 2.08 bits per heavy atom. The van der Waals surface area contributed by atoms with Gasteiger partial charge in [-0.1, -0.05) is 0 Å². The molecule has 2 aromatic heterocycles. The lowest BCUT2D eigenvalue weighted by Crippen LogP contribution is -2.44. The van der Waals surface area contributed by atoms with Crippen molar-refractivity contribution in [2.24, 2.45) is 0 Å². The largest absolute Gasteiger partial charge is 0.377 e. The predicted octanol–water partition coefficient (Wildman–Crippen LogP) is 0.959. The molecule has 2 aromatic rings. The van der Waals surface area contributed by atoms with E-state index in [4.69, 9.17) is 4.74 Å². The molecule has 2 fully saturated rings. The molecule has 1 atom stereocenters. The highest BCUT2D eigenvalue weighted by atomic mass is 16.5. The number of nitrogens with zero attached hydrogens (tertiary/aromatic N) is 4. The molecule has 3 heterocycles. The molecule has 1 aliphatic carbocycles. The maximum Gasteiger partial charge on any atom is 0.257 e. The van der Waals surface area contributed by atoms with Crippen molar-refractivity contribution in [3.05, 3.63) is 51.7 Å². The number of nitrogens with one attached hydrogen (secondary N) is 1. The number of morpholine rings is 1. The Bertz CT molecular complexity index is 844. The molecule has 0 spiro atoms. The van der Waals surface area contributed by atoms with Gasteiger partial charge in [-0.25, -0.2) is 15.0 Å². The number of carbonyl (C=O) groups excluding carboxylic acids is 1. The second-order valence-electron chi connectivity index (χ2n) is 6.45. The number of aromatic nitrogens is 4. The zero-order valence-corrected chi connectivity index (χ0v) is 13.9. The van der Waals surface area contributed by atoms with Crippen LogP contribution in [0.25, 0.3) is 0 Å². The van der Waals surface area contributed by atoms with E-state index in [1.165, 1.54) is 6.07 Å². The fourth-order valence-electron chi connectivity index (χ4n) is 3.03. The summed E-state index contributed by atoms with van der Waals surface area (Å²) in [6.07, 6.45) is 5.41. The van der Waals surface area contributed by atoms with Gasteiger partial charge in [0.25, 0.3) is 11.5 Å². The first-order valence-electron chi connectivity index (χ1n) is 8.40. The summed E-state index contributed by atoms with van der Waals surface area (Å²) in [4.78, 5) is 42.0. The van der Waals surface area contributed by atoms with Crippen LogP contribution in [-0.2, 0) is 4.74 Å². The monoisotopic (exact) mass is 341 g/mol. The van der Waals surface area contributed by atoms with Crippen LogP contribution in [0.3, 0.4) is 0 Å². The minimum atomic E-state index is -0.398. The highest BCUT2D eigenvalue weighted by Crippen LogP contribution is 2.37. The summed E-state index contributed by atoms with van der Waals surface area (Å²) in [5, 5.41) is 0. The molecule has 4 rings (SSSR count). The second kappa shape index (κ2) is 6.36. The van der Waals surface area contributed by atoms with Crippen molar-refractivity contribution in [2.75, 3.05) is 19.8 Å². The molecule has 8 nitrogen and oxygen atoms in total. The Kier molecular flexibility index (Phi) is 4.04. The van der Waals surface area contributed by atoms with Crippen LogP contribution in [-0.4, -0.2) is 50.5 Å². The highest BCUT2D eigenvalue weighted by Gasteiger charge is 2.32. The third-order valence-corrected chi connectivity index (χ3v) is 4.47. The fourth-order valence-corrected chi connectivity index (χ4v) is 3.03. The first-order valence-corrected chi connectivity index (χ1v) is 8.40. The van der Waals surface area contributed by atoms with Crippen molar-refractivity contribution in [3.63, 3.8) is 0 Å². The Morgan fingerprint density at radius 1 is 1.32 bits per heavy atom. The number of hydrogen-bond acceptors (Lipinski definition) is 6. The predicted molar refractivity (Wildman–Crippen MR) is 88.2 cm³/mol. The lowest BCUT2D eigenvalue weighted by molar-refractivity contribution is -0.00406. The topological polar surface area (TPSA) is 101 Å². The van der Waals surface area contributed by atoms with Crippen LogP contribution >= 0.6 is 0 Å². The summed E-state index contributed by atoms with van der Waals surface area (Å²) in [6.45, 7) is 2.90. The smallest absolute Gasteiger partial charge is 0.257 e. The van der Waals surface area contributed by atoms with E-state index in [0.717, 1.165) is 18.7 Å². The van der Waals surface area contributed by atoms with Gasteiger partial charge in [0.15, 0.2) is 0 Å². The number of ether oxygens (including phenoxy) is 1. The van der Waals surface area contributed by atoms with E-state index in [1.54, 1.807) is 24.2 Å². The normalized spacial score (nSPS) is 20.5. The molecule has 1 unspecified atom stereocenters. The molecule has 1 saturated carbocycles. The van der Waals surface area contributed by atoms with Crippen LogP contribution in [0.4, 0.5) is 0 Å². The van der Waals surface area contributed by atoms with Crippen molar-refractivity contribution in [2.45, 2.75) is 31.7 Å². The number of rotatable bonds is 3. The van der Waals surface area contributed by atoms with Crippen molar-refractivity contribution >= 4 is 5.91 Å².